The second-order valence-corrected chi connectivity index (χ2v) is 7.71. The third kappa shape index (κ3) is 3.40. The second kappa shape index (κ2) is 7.82. The van der Waals surface area contributed by atoms with Crippen molar-refractivity contribution in [2.24, 2.45) is 5.92 Å². The van der Waals surface area contributed by atoms with Crippen LogP contribution in [0.15, 0.2) is 36.4 Å². The summed E-state index contributed by atoms with van der Waals surface area (Å²) in [4.78, 5) is 12.9. The number of nitrogens with one attached hydrogen (secondary N) is 1. The highest BCUT2D eigenvalue weighted by Crippen LogP contribution is 2.44. The lowest BCUT2D eigenvalue weighted by atomic mass is 10.1. The van der Waals surface area contributed by atoms with Gasteiger partial charge in [0.2, 0.25) is 0 Å². The van der Waals surface area contributed by atoms with Gasteiger partial charge in [-0.2, -0.15) is 5.10 Å². The smallest absolute Gasteiger partial charge is 0.272 e. The van der Waals surface area contributed by atoms with Crippen molar-refractivity contribution in [3.63, 3.8) is 0 Å². The lowest BCUT2D eigenvalue weighted by Crippen LogP contribution is -2.28. The van der Waals surface area contributed by atoms with Crippen LogP contribution in [0, 0.1) is 11.7 Å². The summed E-state index contributed by atoms with van der Waals surface area (Å²) < 4.78 is 26.1. The maximum Gasteiger partial charge on any atom is 0.272 e. The van der Waals surface area contributed by atoms with Crippen LogP contribution in [0.1, 0.15) is 35.5 Å². The zero-order valence-corrected chi connectivity index (χ0v) is 17.5. The van der Waals surface area contributed by atoms with Crippen molar-refractivity contribution in [3.8, 4) is 28.4 Å². The zero-order valence-electron chi connectivity index (χ0n) is 17.5. The summed E-state index contributed by atoms with van der Waals surface area (Å²) in [5.41, 5.74) is 4.65. The Labute approximate surface area is 174 Å². The molecule has 0 aliphatic heterocycles. The number of aromatic nitrogens is 2. The fourth-order valence-corrected chi connectivity index (χ4v) is 3.70. The number of hydrogen-bond acceptors (Lipinski definition) is 4. The van der Waals surface area contributed by atoms with Crippen LogP contribution in [0.4, 0.5) is 4.39 Å². The molecule has 156 valence electrons. The summed E-state index contributed by atoms with van der Waals surface area (Å²) in [6.45, 7) is 4.64. The number of methoxy groups -OCH3 is 2. The molecule has 0 spiro atoms. The molecule has 3 aromatic rings. The van der Waals surface area contributed by atoms with Gasteiger partial charge < -0.3 is 14.8 Å². The van der Waals surface area contributed by atoms with Gasteiger partial charge >= 0.3 is 0 Å². The van der Waals surface area contributed by atoms with E-state index in [1.54, 1.807) is 31.0 Å². The molecule has 7 heteroatoms. The third-order valence-corrected chi connectivity index (χ3v) is 5.17. The van der Waals surface area contributed by atoms with E-state index in [2.05, 4.69) is 10.4 Å². The van der Waals surface area contributed by atoms with Gasteiger partial charge in [-0.3, -0.25) is 4.79 Å². The summed E-state index contributed by atoms with van der Waals surface area (Å²) in [7, 11) is 3.18. The quantitative estimate of drug-likeness (QED) is 0.523. The second-order valence-electron chi connectivity index (χ2n) is 7.71. The van der Waals surface area contributed by atoms with E-state index in [4.69, 9.17) is 9.47 Å². The molecule has 4 rings (SSSR count). The Balaban J connectivity index is 1.88. The largest absolute Gasteiger partial charge is 0.493 e. The number of rotatable bonds is 6. The van der Waals surface area contributed by atoms with Crippen LogP contribution >= 0.6 is 0 Å². The fraction of sp³-hybridized carbons (Fsp3) is 0.304. The van der Waals surface area contributed by atoms with Gasteiger partial charge in [-0.15, -0.1) is 0 Å². The van der Waals surface area contributed by atoms with Crippen LogP contribution in [-0.4, -0.2) is 36.5 Å². The molecule has 0 radical (unpaired) electrons. The van der Waals surface area contributed by atoms with Crippen molar-refractivity contribution in [1.29, 1.82) is 0 Å². The molecule has 30 heavy (non-hydrogen) atoms. The summed E-state index contributed by atoms with van der Waals surface area (Å²) >= 11 is 0. The first-order valence-electron chi connectivity index (χ1n) is 9.84. The minimum atomic E-state index is -0.329. The number of carbonyl (C=O) groups is 1. The van der Waals surface area contributed by atoms with E-state index >= 15 is 0 Å². The van der Waals surface area contributed by atoms with Gasteiger partial charge in [0.15, 0.2) is 17.2 Å². The highest BCUT2D eigenvalue weighted by Gasteiger charge is 2.32. The molecule has 0 fully saturated rings. The Morgan fingerprint density at radius 1 is 1.17 bits per heavy atom. The van der Waals surface area contributed by atoms with E-state index in [1.807, 2.05) is 26.0 Å². The average Bonchev–Trinajstić information content (AvgIpc) is 3.28. The highest BCUT2D eigenvalue weighted by molar-refractivity contribution is 5.97. The zero-order chi connectivity index (χ0) is 21.4. The van der Waals surface area contributed by atoms with Crippen LogP contribution in [0.5, 0.6) is 11.5 Å². The van der Waals surface area contributed by atoms with Gasteiger partial charge in [0, 0.05) is 24.1 Å². The van der Waals surface area contributed by atoms with E-state index in [9.17, 15) is 9.18 Å². The van der Waals surface area contributed by atoms with E-state index in [-0.39, 0.29) is 11.7 Å². The molecule has 1 N–H and O–H groups in total. The van der Waals surface area contributed by atoms with Crippen molar-refractivity contribution >= 4 is 5.91 Å². The highest BCUT2D eigenvalue weighted by atomic mass is 19.1. The molecule has 0 bridgehead atoms. The maximum atomic E-state index is 13.5. The molecule has 1 heterocycles. The fourth-order valence-electron chi connectivity index (χ4n) is 3.70. The normalized spacial score (nSPS) is 11.9. The Morgan fingerprint density at radius 2 is 1.83 bits per heavy atom. The van der Waals surface area contributed by atoms with E-state index in [0.717, 1.165) is 22.4 Å². The number of halogens is 1. The number of nitrogens with zero attached hydrogens (tertiary/aromatic N) is 2. The predicted molar refractivity (Wildman–Crippen MR) is 112 cm³/mol. The Kier molecular flexibility index (Phi) is 5.20. The molecule has 1 amide bonds. The number of ether oxygens (including phenoxy) is 2. The van der Waals surface area contributed by atoms with Crippen LogP contribution in [0.2, 0.25) is 0 Å². The lowest BCUT2D eigenvalue weighted by Gasteiger charge is -2.12. The molecule has 1 aliphatic rings. The SMILES string of the molecule is COc1cc2c(cc1OC)-c1c(c(C(=O)NCC(C)C)nn1-c1ccc(F)cc1)C2. The predicted octanol–water partition coefficient (Wildman–Crippen LogP) is 3.99. The lowest BCUT2D eigenvalue weighted by molar-refractivity contribution is 0.0943. The number of carbonyl (C=O) groups excluding carboxylic acids is 1. The number of amides is 1. The van der Waals surface area contributed by atoms with Crippen molar-refractivity contribution in [2.45, 2.75) is 20.3 Å². The van der Waals surface area contributed by atoms with E-state index in [1.165, 1.54) is 12.1 Å². The van der Waals surface area contributed by atoms with Gasteiger partial charge in [-0.05, 0) is 47.9 Å². The van der Waals surface area contributed by atoms with Crippen molar-refractivity contribution in [1.82, 2.24) is 15.1 Å². The first-order valence-corrected chi connectivity index (χ1v) is 9.84. The first-order chi connectivity index (χ1) is 14.4. The van der Waals surface area contributed by atoms with Gasteiger partial charge in [0.05, 0.1) is 25.6 Å². The third-order valence-electron chi connectivity index (χ3n) is 5.17. The molecule has 0 unspecified atom stereocenters. The minimum absolute atomic E-state index is 0.215. The summed E-state index contributed by atoms with van der Waals surface area (Å²) in [6, 6.07) is 9.89. The van der Waals surface area contributed by atoms with Crippen molar-refractivity contribution < 1.29 is 18.7 Å². The number of fused-ring (bicyclic) bond motifs is 3. The van der Waals surface area contributed by atoms with Gasteiger partial charge in [-0.25, -0.2) is 9.07 Å². The van der Waals surface area contributed by atoms with Gasteiger partial charge in [0.25, 0.3) is 5.91 Å². The minimum Gasteiger partial charge on any atom is -0.493 e. The van der Waals surface area contributed by atoms with Gasteiger partial charge in [-0.1, -0.05) is 13.8 Å². The van der Waals surface area contributed by atoms with E-state index < -0.39 is 0 Å². The first kappa shape index (κ1) is 19.9. The monoisotopic (exact) mass is 409 g/mol. The topological polar surface area (TPSA) is 65.4 Å². The Morgan fingerprint density at radius 3 is 2.47 bits per heavy atom. The van der Waals surface area contributed by atoms with Gasteiger partial charge in [0.1, 0.15) is 5.82 Å². The average molecular weight is 409 g/mol. The number of benzene rings is 2. The molecule has 6 nitrogen and oxygen atoms in total. The van der Waals surface area contributed by atoms with Crippen molar-refractivity contribution in [2.75, 3.05) is 20.8 Å². The summed E-state index contributed by atoms with van der Waals surface area (Å²) in [5.74, 6) is 1.01. The molecular formula is C23H24FN3O3. The summed E-state index contributed by atoms with van der Waals surface area (Å²) in [5, 5.41) is 7.57. The molecule has 0 saturated carbocycles. The van der Waals surface area contributed by atoms with Crippen LogP contribution in [-0.2, 0) is 6.42 Å². The molecule has 2 aromatic carbocycles. The molecule has 1 aromatic heterocycles. The van der Waals surface area contributed by atoms with E-state index in [0.29, 0.717) is 41.8 Å². The Bertz CT molecular complexity index is 1100. The molecule has 1 aliphatic carbocycles. The standard InChI is InChI=1S/C23H24FN3O3/c1-13(2)12-25-23(28)21-18-9-14-10-19(29-3)20(30-4)11-17(14)22(18)27(26-21)16-7-5-15(24)6-8-16/h5-8,10-11,13H,9,12H2,1-4H3,(H,25,28). The van der Waals surface area contributed by atoms with Crippen LogP contribution < -0.4 is 14.8 Å². The van der Waals surface area contributed by atoms with Crippen LogP contribution in [0.25, 0.3) is 16.9 Å². The summed E-state index contributed by atoms with van der Waals surface area (Å²) in [6.07, 6.45) is 0.552. The number of hydrogen-bond donors (Lipinski definition) is 1. The molecule has 0 saturated heterocycles. The van der Waals surface area contributed by atoms with Crippen LogP contribution in [0.3, 0.4) is 0 Å². The van der Waals surface area contributed by atoms with Crippen molar-refractivity contribution in [3.05, 3.63) is 59.0 Å². The molecule has 0 atom stereocenters. The maximum absolute atomic E-state index is 13.5. The Hall–Kier alpha value is -3.35. The molecular weight excluding hydrogens is 385 g/mol.